The largest absolute Gasteiger partial charge is 0.465 e. The van der Waals surface area contributed by atoms with E-state index in [1.165, 1.54) is 18.2 Å². The summed E-state index contributed by atoms with van der Waals surface area (Å²) in [5.41, 5.74) is 4.45. The zero-order valence-electron chi connectivity index (χ0n) is 16.0. The summed E-state index contributed by atoms with van der Waals surface area (Å²) in [6, 6.07) is 5.66. The van der Waals surface area contributed by atoms with Crippen LogP contribution in [0.2, 0.25) is 0 Å². The number of benzene rings is 1. The van der Waals surface area contributed by atoms with Gasteiger partial charge in [-0.1, -0.05) is 12.1 Å². The number of esters is 2. The number of hydrogen-bond acceptors (Lipinski definition) is 5. The zero-order chi connectivity index (χ0) is 19.7. The number of aryl methyl sites for hydroxylation is 3. The Balaban J connectivity index is 1.76. The van der Waals surface area contributed by atoms with Gasteiger partial charge >= 0.3 is 11.9 Å². The summed E-state index contributed by atoms with van der Waals surface area (Å²) in [5, 5.41) is 0. The van der Waals surface area contributed by atoms with Gasteiger partial charge in [0.15, 0.2) is 6.10 Å². The lowest BCUT2D eigenvalue weighted by molar-refractivity contribution is 0.0313. The lowest BCUT2D eigenvalue weighted by Crippen LogP contribution is -2.25. The number of ketones is 1. The number of carbonyl (C=O) groups is 3. The van der Waals surface area contributed by atoms with Crippen LogP contribution >= 0.6 is 0 Å². The highest BCUT2D eigenvalue weighted by atomic mass is 16.5. The number of H-pyrrole nitrogens is 1. The first-order valence-corrected chi connectivity index (χ1v) is 8.98. The summed E-state index contributed by atoms with van der Waals surface area (Å²) in [7, 11) is 1.28. The van der Waals surface area contributed by atoms with Crippen LogP contribution in [0.5, 0.6) is 0 Å². The van der Waals surface area contributed by atoms with Crippen molar-refractivity contribution in [3.05, 3.63) is 57.4 Å². The van der Waals surface area contributed by atoms with Gasteiger partial charge in [0.2, 0.25) is 5.78 Å². The fourth-order valence-electron chi connectivity index (χ4n) is 3.60. The Morgan fingerprint density at radius 1 is 1.07 bits per heavy atom. The standard InChI is InChI=1S/C21H23NO5/c1-11-17(20(24)26-4)12(2)22-18(11)21(25)27-13(3)19(23)16-9-8-14-6-5-7-15(14)10-16/h8-10,13,22H,5-7H2,1-4H3. The molecule has 0 saturated carbocycles. The third-order valence-corrected chi connectivity index (χ3v) is 5.07. The van der Waals surface area contributed by atoms with Crippen LogP contribution in [0, 0.1) is 13.8 Å². The summed E-state index contributed by atoms with van der Waals surface area (Å²) in [6.45, 7) is 4.87. The Morgan fingerprint density at radius 3 is 2.48 bits per heavy atom. The number of ether oxygens (including phenoxy) is 2. The van der Waals surface area contributed by atoms with E-state index in [0.29, 0.717) is 22.4 Å². The predicted molar refractivity (Wildman–Crippen MR) is 99.3 cm³/mol. The van der Waals surface area contributed by atoms with Crippen molar-refractivity contribution < 1.29 is 23.9 Å². The Hall–Kier alpha value is -2.89. The summed E-state index contributed by atoms with van der Waals surface area (Å²) in [6.07, 6.45) is 2.19. The minimum Gasteiger partial charge on any atom is -0.465 e. The highest BCUT2D eigenvalue weighted by Crippen LogP contribution is 2.24. The van der Waals surface area contributed by atoms with Crippen LogP contribution < -0.4 is 0 Å². The lowest BCUT2D eigenvalue weighted by atomic mass is 10.0. The van der Waals surface area contributed by atoms with Crippen LogP contribution in [0.15, 0.2) is 18.2 Å². The molecule has 3 rings (SSSR count). The molecule has 1 N–H and O–H groups in total. The molecule has 27 heavy (non-hydrogen) atoms. The molecule has 1 aliphatic rings. The fourth-order valence-corrected chi connectivity index (χ4v) is 3.60. The fraction of sp³-hybridized carbons (Fsp3) is 0.381. The third kappa shape index (κ3) is 3.52. The number of fused-ring (bicyclic) bond motifs is 1. The molecule has 0 spiro atoms. The van der Waals surface area contributed by atoms with Crippen molar-refractivity contribution >= 4 is 17.7 Å². The molecule has 1 unspecified atom stereocenters. The third-order valence-electron chi connectivity index (χ3n) is 5.07. The molecule has 0 radical (unpaired) electrons. The van der Waals surface area contributed by atoms with Crippen molar-refractivity contribution in [3.8, 4) is 0 Å². The minimum atomic E-state index is -0.929. The molecular weight excluding hydrogens is 346 g/mol. The monoisotopic (exact) mass is 369 g/mol. The predicted octanol–water partition coefficient (Wildman–Crippen LogP) is 3.34. The molecular formula is C21H23NO5. The van der Waals surface area contributed by atoms with Crippen molar-refractivity contribution in [2.45, 2.75) is 46.1 Å². The van der Waals surface area contributed by atoms with Gasteiger partial charge in [-0.05, 0) is 62.8 Å². The van der Waals surface area contributed by atoms with Gasteiger partial charge in [0.05, 0.1) is 12.7 Å². The van der Waals surface area contributed by atoms with E-state index >= 15 is 0 Å². The second kappa shape index (κ2) is 7.39. The van der Waals surface area contributed by atoms with E-state index in [-0.39, 0.29) is 11.5 Å². The van der Waals surface area contributed by atoms with E-state index in [0.717, 1.165) is 19.3 Å². The molecule has 0 aliphatic heterocycles. The number of carbonyl (C=O) groups excluding carboxylic acids is 3. The molecule has 0 bridgehead atoms. The average Bonchev–Trinajstić information content (AvgIpc) is 3.23. The minimum absolute atomic E-state index is 0.154. The van der Waals surface area contributed by atoms with Gasteiger partial charge in [-0.3, -0.25) is 4.79 Å². The number of rotatable bonds is 5. The number of Topliss-reactive ketones (excluding diaryl/α,β-unsaturated/α-hetero) is 1. The maximum absolute atomic E-state index is 12.7. The van der Waals surface area contributed by atoms with E-state index in [2.05, 4.69) is 4.98 Å². The summed E-state index contributed by atoms with van der Waals surface area (Å²) in [4.78, 5) is 39.9. The van der Waals surface area contributed by atoms with Crippen LogP contribution in [0.4, 0.5) is 0 Å². The number of nitrogens with one attached hydrogen (secondary N) is 1. The van der Waals surface area contributed by atoms with Crippen molar-refractivity contribution in [1.82, 2.24) is 4.98 Å². The van der Waals surface area contributed by atoms with Gasteiger partial charge in [0.25, 0.3) is 0 Å². The first-order chi connectivity index (χ1) is 12.8. The molecule has 0 fully saturated rings. The highest BCUT2D eigenvalue weighted by Gasteiger charge is 2.27. The van der Waals surface area contributed by atoms with Crippen LogP contribution in [0.1, 0.15) is 66.9 Å². The van der Waals surface area contributed by atoms with Crippen molar-refractivity contribution in [3.63, 3.8) is 0 Å². The van der Waals surface area contributed by atoms with E-state index in [4.69, 9.17) is 9.47 Å². The Labute approximate surface area is 157 Å². The second-order valence-electron chi connectivity index (χ2n) is 6.87. The SMILES string of the molecule is COC(=O)c1c(C)[nH]c(C(=O)OC(C)C(=O)c2ccc3c(c2)CCC3)c1C. The molecule has 1 heterocycles. The first-order valence-electron chi connectivity index (χ1n) is 8.98. The van der Waals surface area contributed by atoms with Crippen LogP contribution in [-0.4, -0.2) is 35.9 Å². The van der Waals surface area contributed by atoms with Crippen molar-refractivity contribution in [1.29, 1.82) is 0 Å². The Morgan fingerprint density at radius 2 is 1.78 bits per heavy atom. The van der Waals surface area contributed by atoms with Crippen LogP contribution in [0.25, 0.3) is 0 Å². The van der Waals surface area contributed by atoms with Crippen molar-refractivity contribution in [2.24, 2.45) is 0 Å². The number of aromatic amines is 1. The normalized spacial score (nSPS) is 13.8. The summed E-state index contributed by atoms with van der Waals surface area (Å²) >= 11 is 0. The van der Waals surface area contributed by atoms with Gasteiger partial charge in [-0.25, -0.2) is 9.59 Å². The van der Waals surface area contributed by atoms with Crippen molar-refractivity contribution in [2.75, 3.05) is 7.11 Å². The molecule has 1 aliphatic carbocycles. The zero-order valence-corrected chi connectivity index (χ0v) is 16.0. The molecule has 1 aromatic heterocycles. The van der Waals surface area contributed by atoms with Crippen LogP contribution in [-0.2, 0) is 22.3 Å². The Bertz CT molecular complexity index is 925. The number of aromatic nitrogens is 1. The molecule has 0 saturated heterocycles. The van der Waals surface area contributed by atoms with Gasteiger partial charge in [-0.15, -0.1) is 0 Å². The molecule has 6 heteroatoms. The molecule has 6 nitrogen and oxygen atoms in total. The summed E-state index contributed by atoms with van der Waals surface area (Å²) < 4.78 is 10.1. The average molecular weight is 369 g/mol. The van der Waals surface area contributed by atoms with E-state index < -0.39 is 18.0 Å². The molecule has 0 amide bonds. The maximum atomic E-state index is 12.7. The molecule has 2 aromatic rings. The molecule has 142 valence electrons. The van der Waals surface area contributed by atoms with Crippen LogP contribution in [0.3, 0.4) is 0 Å². The Kier molecular flexibility index (Phi) is 5.17. The summed E-state index contributed by atoms with van der Waals surface area (Å²) in [5.74, 6) is -1.44. The second-order valence-corrected chi connectivity index (χ2v) is 6.87. The van der Waals surface area contributed by atoms with Gasteiger partial charge in [0.1, 0.15) is 5.69 Å². The molecule has 1 atom stereocenters. The molecule has 1 aromatic carbocycles. The number of methoxy groups -OCH3 is 1. The topological polar surface area (TPSA) is 85.5 Å². The smallest absolute Gasteiger partial charge is 0.355 e. The first kappa shape index (κ1) is 18.9. The van der Waals surface area contributed by atoms with E-state index in [9.17, 15) is 14.4 Å². The van der Waals surface area contributed by atoms with E-state index in [1.54, 1.807) is 26.8 Å². The maximum Gasteiger partial charge on any atom is 0.355 e. The highest BCUT2D eigenvalue weighted by molar-refractivity contribution is 6.02. The quantitative estimate of drug-likeness (QED) is 0.645. The van der Waals surface area contributed by atoms with Gasteiger partial charge < -0.3 is 14.5 Å². The van der Waals surface area contributed by atoms with Gasteiger partial charge in [-0.2, -0.15) is 0 Å². The van der Waals surface area contributed by atoms with E-state index in [1.807, 2.05) is 12.1 Å². The lowest BCUT2D eigenvalue weighted by Gasteiger charge is -2.13. The number of hydrogen-bond donors (Lipinski definition) is 1. The van der Waals surface area contributed by atoms with Gasteiger partial charge in [0, 0.05) is 11.3 Å².